The third kappa shape index (κ3) is 5.46. The van der Waals surface area contributed by atoms with Crippen molar-refractivity contribution < 1.29 is 17.6 Å². The second-order valence-electron chi connectivity index (χ2n) is 5.60. The Morgan fingerprint density at radius 1 is 1.04 bits per heavy atom. The van der Waals surface area contributed by atoms with E-state index in [0.717, 1.165) is 61.3 Å². The van der Waals surface area contributed by atoms with Crippen LogP contribution in [0.1, 0.15) is 36.6 Å². The van der Waals surface area contributed by atoms with Crippen LogP contribution in [0.25, 0.3) is 0 Å². The van der Waals surface area contributed by atoms with Gasteiger partial charge in [0.05, 0.1) is 0 Å². The molecule has 1 aliphatic heterocycles. The number of alkyl halides is 3. The summed E-state index contributed by atoms with van der Waals surface area (Å²) < 4.78 is 55.3. The van der Waals surface area contributed by atoms with Crippen LogP contribution < -0.4 is 10.0 Å². The summed E-state index contributed by atoms with van der Waals surface area (Å²) in [6.45, 7) is 5.64. The number of nitrogens with one attached hydrogen (secondary N) is 2. The van der Waals surface area contributed by atoms with Crippen LogP contribution >= 0.6 is 11.9 Å². The second kappa shape index (κ2) is 9.39. The van der Waals surface area contributed by atoms with Gasteiger partial charge >= 0.3 is 6.18 Å². The van der Waals surface area contributed by atoms with Crippen LogP contribution in [0.5, 0.6) is 0 Å². The normalized spacial score (nSPS) is 14.8. The highest BCUT2D eigenvalue weighted by Crippen LogP contribution is 2.35. The van der Waals surface area contributed by atoms with E-state index in [9.17, 15) is 17.6 Å². The lowest BCUT2D eigenvalue weighted by Crippen LogP contribution is -2.30. The Morgan fingerprint density at radius 2 is 1.73 bits per heavy atom. The molecule has 0 saturated carbocycles. The van der Waals surface area contributed by atoms with E-state index in [1.165, 1.54) is 5.56 Å². The van der Waals surface area contributed by atoms with Crippen LogP contribution in [0.2, 0.25) is 0 Å². The van der Waals surface area contributed by atoms with Crippen LogP contribution in [-0.4, -0.2) is 12.7 Å². The van der Waals surface area contributed by atoms with Crippen molar-refractivity contribution in [2.75, 3.05) is 6.54 Å². The average molecular weight is 386 g/mol. The van der Waals surface area contributed by atoms with E-state index < -0.39 is 18.0 Å². The molecule has 2 N–H and O–H groups in total. The summed E-state index contributed by atoms with van der Waals surface area (Å²) in [4.78, 5) is 0.716. The number of rotatable bonds is 4. The summed E-state index contributed by atoms with van der Waals surface area (Å²) in [5, 5.41) is 3.24. The zero-order valence-electron chi connectivity index (χ0n) is 14.7. The molecule has 1 atom stereocenters. The van der Waals surface area contributed by atoms with E-state index in [2.05, 4.69) is 10.0 Å². The highest BCUT2D eigenvalue weighted by Gasteiger charge is 2.40. The molecule has 1 aliphatic rings. The van der Waals surface area contributed by atoms with E-state index >= 15 is 0 Å². The van der Waals surface area contributed by atoms with Gasteiger partial charge in [-0.05, 0) is 65.9 Å². The predicted octanol–water partition coefficient (Wildman–Crippen LogP) is 5.40. The van der Waals surface area contributed by atoms with Gasteiger partial charge in [-0.25, -0.2) is 9.11 Å². The molecule has 26 heavy (non-hydrogen) atoms. The van der Waals surface area contributed by atoms with Gasteiger partial charge in [0.15, 0.2) is 0 Å². The molecule has 0 saturated heterocycles. The Balaban J connectivity index is 0.00000117. The van der Waals surface area contributed by atoms with Crippen molar-refractivity contribution in [1.29, 1.82) is 0 Å². The molecule has 0 amide bonds. The summed E-state index contributed by atoms with van der Waals surface area (Å²) in [5.41, 5.74) is 2.32. The molecular formula is C19H22F4N2S. The Labute approximate surface area is 155 Å². The summed E-state index contributed by atoms with van der Waals surface area (Å²) in [5.74, 6) is -0.561. The number of hydrogen-bond donors (Lipinski definition) is 2. The van der Waals surface area contributed by atoms with E-state index in [-0.39, 0.29) is 5.56 Å². The van der Waals surface area contributed by atoms with Crippen LogP contribution in [0.15, 0.2) is 47.4 Å². The molecule has 0 fully saturated rings. The van der Waals surface area contributed by atoms with E-state index in [4.69, 9.17) is 0 Å². The minimum absolute atomic E-state index is 0.0176. The lowest BCUT2D eigenvalue weighted by molar-refractivity contribution is -0.152. The maximum absolute atomic E-state index is 13.3. The van der Waals surface area contributed by atoms with Crippen molar-refractivity contribution in [2.24, 2.45) is 0 Å². The molecule has 3 rings (SSSR count). The monoisotopic (exact) mass is 386 g/mol. The van der Waals surface area contributed by atoms with E-state index in [0.29, 0.717) is 4.90 Å². The molecule has 142 valence electrons. The molecule has 0 bridgehead atoms. The van der Waals surface area contributed by atoms with Crippen molar-refractivity contribution >= 4 is 11.9 Å². The van der Waals surface area contributed by atoms with Crippen molar-refractivity contribution in [3.05, 3.63) is 65.0 Å². The SMILES string of the molecule is CC.Fc1ccc(C(NSc2ccc3c(c2)CNCC3)C(F)(F)F)cc1. The maximum atomic E-state index is 13.3. The molecule has 1 unspecified atom stereocenters. The number of halogens is 4. The van der Waals surface area contributed by atoms with Gasteiger partial charge in [0, 0.05) is 11.4 Å². The quantitative estimate of drug-likeness (QED) is 0.544. The third-order valence-corrected chi connectivity index (χ3v) is 4.73. The Morgan fingerprint density at radius 3 is 2.38 bits per heavy atom. The largest absolute Gasteiger partial charge is 0.408 e. The third-order valence-electron chi connectivity index (χ3n) is 3.89. The van der Waals surface area contributed by atoms with Crippen molar-refractivity contribution in [2.45, 2.75) is 43.9 Å². The smallest absolute Gasteiger partial charge is 0.312 e. The highest BCUT2D eigenvalue weighted by atomic mass is 32.2. The second-order valence-corrected chi connectivity index (χ2v) is 6.51. The predicted molar refractivity (Wildman–Crippen MR) is 97.4 cm³/mol. The first kappa shape index (κ1) is 20.7. The summed E-state index contributed by atoms with van der Waals surface area (Å²) in [6.07, 6.45) is -3.55. The summed E-state index contributed by atoms with van der Waals surface area (Å²) in [6, 6.07) is 8.18. The molecule has 0 spiro atoms. The van der Waals surface area contributed by atoms with Crippen LogP contribution in [0, 0.1) is 5.82 Å². The van der Waals surface area contributed by atoms with Crippen LogP contribution in [0.4, 0.5) is 17.6 Å². The number of fused-ring (bicyclic) bond motifs is 1. The summed E-state index contributed by atoms with van der Waals surface area (Å²) >= 11 is 0.936. The molecule has 2 aromatic carbocycles. The van der Waals surface area contributed by atoms with Crippen molar-refractivity contribution in [3.63, 3.8) is 0 Å². The van der Waals surface area contributed by atoms with Crippen LogP contribution in [0.3, 0.4) is 0 Å². The molecule has 0 aromatic heterocycles. The molecule has 2 nitrogen and oxygen atoms in total. The van der Waals surface area contributed by atoms with Gasteiger partial charge in [0.2, 0.25) is 0 Å². The van der Waals surface area contributed by atoms with Gasteiger partial charge in [-0.2, -0.15) is 13.2 Å². The fourth-order valence-corrected chi connectivity index (χ4v) is 3.49. The first-order valence-corrected chi connectivity index (χ1v) is 9.32. The lowest BCUT2D eigenvalue weighted by Gasteiger charge is -2.22. The van der Waals surface area contributed by atoms with Crippen LogP contribution in [-0.2, 0) is 13.0 Å². The minimum atomic E-state index is -4.47. The van der Waals surface area contributed by atoms with Gasteiger partial charge in [0.25, 0.3) is 0 Å². The molecular weight excluding hydrogens is 364 g/mol. The average Bonchev–Trinajstić information content (AvgIpc) is 2.64. The molecule has 0 radical (unpaired) electrons. The molecule has 0 aliphatic carbocycles. The highest BCUT2D eigenvalue weighted by molar-refractivity contribution is 7.97. The van der Waals surface area contributed by atoms with E-state index in [1.807, 2.05) is 32.0 Å². The van der Waals surface area contributed by atoms with E-state index in [1.54, 1.807) is 0 Å². The standard InChI is InChI=1S/C17H16F4N2S.C2H6/c18-14-4-1-12(2-5-14)16(17(19,20)21)23-24-15-6-3-11-7-8-22-10-13(11)9-15;1-2/h1-6,9,16,22-23H,7-8,10H2;1-2H3. The van der Waals surface area contributed by atoms with Gasteiger partial charge in [-0.1, -0.05) is 32.0 Å². The summed E-state index contributed by atoms with van der Waals surface area (Å²) in [7, 11) is 0. The number of hydrogen-bond acceptors (Lipinski definition) is 3. The fraction of sp³-hybridized carbons (Fsp3) is 0.368. The molecule has 1 heterocycles. The fourth-order valence-electron chi connectivity index (χ4n) is 2.63. The first-order valence-electron chi connectivity index (χ1n) is 8.50. The Kier molecular flexibility index (Phi) is 7.49. The van der Waals surface area contributed by atoms with Gasteiger partial charge in [0.1, 0.15) is 11.9 Å². The topological polar surface area (TPSA) is 24.1 Å². The minimum Gasteiger partial charge on any atom is -0.312 e. The van der Waals surface area contributed by atoms with Gasteiger partial charge < -0.3 is 5.32 Å². The lowest BCUT2D eigenvalue weighted by atomic mass is 10.0. The molecule has 7 heteroatoms. The van der Waals surface area contributed by atoms with Crippen molar-refractivity contribution in [3.8, 4) is 0 Å². The maximum Gasteiger partial charge on any atom is 0.408 e. The zero-order chi connectivity index (χ0) is 19.2. The number of benzene rings is 2. The Bertz CT molecular complexity index is 702. The first-order chi connectivity index (χ1) is 12.4. The van der Waals surface area contributed by atoms with Gasteiger partial charge in [-0.3, -0.25) is 0 Å². The zero-order valence-corrected chi connectivity index (χ0v) is 15.5. The molecule has 2 aromatic rings. The van der Waals surface area contributed by atoms with Gasteiger partial charge in [-0.15, -0.1) is 0 Å². The van der Waals surface area contributed by atoms with Crippen molar-refractivity contribution in [1.82, 2.24) is 10.0 Å². The Hall–Kier alpha value is -1.57.